The van der Waals surface area contributed by atoms with Gasteiger partial charge in [-0.3, -0.25) is 4.98 Å². The van der Waals surface area contributed by atoms with Gasteiger partial charge in [0.2, 0.25) is 0 Å². The van der Waals surface area contributed by atoms with E-state index in [1.165, 1.54) is 18.5 Å². The molecule has 1 rings (SSSR count). The number of nitrogens with zero attached hydrogens (tertiary/aromatic N) is 1. The molecule has 52 valence electrons. The summed E-state index contributed by atoms with van der Waals surface area (Å²) in [4.78, 5) is 3.63. The average Bonchev–Trinajstić information content (AvgIpc) is 1.88. The van der Waals surface area contributed by atoms with Crippen molar-refractivity contribution in [1.29, 1.82) is 0 Å². The molecule has 0 atom stereocenters. The van der Waals surface area contributed by atoms with Gasteiger partial charge in [-0.15, -0.1) is 0 Å². The molecule has 7 heteroatoms. The Kier molecular flexibility index (Phi) is 9.47. The predicted octanol–water partition coefficient (Wildman–Crippen LogP) is -7.83. The fraction of sp³-hybridized carbons (Fsp3) is 0. The van der Waals surface area contributed by atoms with Crippen molar-refractivity contribution in [2.75, 3.05) is 0 Å². The van der Waals surface area contributed by atoms with Gasteiger partial charge in [-0.25, -0.2) is 0 Å². The Morgan fingerprint density at radius 1 is 1.33 bits per heavy atom. The predicted molar refractivity (Wildman–Crippen MR) is 30.6 cm³/mol. The molecule has 0 spiro atoms. The third-order valence-electron chi connectivity index (χ3n) is 0.867. The molecule has 0 fully saturated rings. The van der Waals surface area contributed by atoms with Gasteiger partial charge in [-0.2, -0.15) is 0 Å². The van der Waals surface area contributed by atoms with E-state index < -0.39 is 7.32 Å². The topological polar surface area (TPSA) is 68.2 Å². The molecule has 0 saturated heterocycles. The maximum Gasteiger partial charge on any atom is 1.00 e. The van der Waals surface area contributed by atoms with Crippen LogP contribution in [-0.4, -0.2) is 12.3 Å². The van der Waals surface area contributed by atoms with Crippen molar-refractivity contribution in [1.82, 2.24) is 4.98 Å². The third kappa shape index (κ3) is 5.74. The van der Waals surface area contributed by atoms with Gasteiger partial charge in [0.05, 0.1) is 6.20 Å². The van der Waals surface area contributed by atoms with E-state index in [0.717, 1.165) is 0 Å². The van der Waals surface area contributed by atoms with Crippen molar-refractivity contribution in [2.24, 2.45) is 0 Å². The van der Waals surface area contributed by atoms with Gasteiger partial charge in [0, 0.05) is 6.20 Å². The van der Waals surface area contributed by atoms with Crippen molar-refractivity contribution < 1.29 is 52.4 Å². The Labute approximate surface area is 94.9 Å². The Hall–Kier alpha value is 0.130. The standard InChI is InChI=1S/C5H4BNO3.2Li/c8-6(9)10-5-2-1-3-7-4-5;;/h1-4H;;/q-2;2*+1. The van der Waals surface area contributed by atoms with Crippen molar-refractivity contribution in [3.05, 3.63) is 24.5 Å². The summed E-state index contributed by atoms with van der Waals surface area (Å²) in [6.45, 7) is 0. The van der Waals surface area contributed by atoms with Crippen molar-refractivity contribution >= 4 is 7.32 Å². The molecule has 0 unspecified atom stereocenters. The molecule has 4 nitrogen and oxygen atoms in total. The zero-order valence-corrected chi connectivity index (χ0v) is 7.06. The monoisotopic (exact) mass is 151 g/mol. The molecule has 0 aliphatic carbocycles. The summed E-state index contributed by atoms with van der Waals surface area (Å²) in [6, 6.07) is 3.08. The SMILES string of the molecule is [Li+].[Li+].[O-]B([O-])Oc1cccnc1. The summed E-state index contributed by atoms with van der Waals surface area (Å²) >= 11 is 0. The summed E-state index contributed by atoms with van der Waals surface area (Å²) in [6.07, 6.45) is 2.83. The van der Waals surface area contributed by atoms with E-state index in [4.69, 9.17) is 0 Å². The minimum atomic E-state index is -2.27. The first kappa shape index (κ1) is 14.6. The summed E-state index contributed by atoms with van der Waals surface area (Å²) in [5, 5.41) is 19.8. The van der Waals surface area contributed by atoms with E-state index in [1.54, 1.807) is 6.07 Å². The van der Waals surface area contributed by atoms with Gasteiger partial charge >= 0.3 is 37.7 Å². The van der Waals surface area contributed by atoms with E-state index in [9.17, 15) is 10.0 Å². The molecule has 0 bridgehead atoms. The summed E-state index contributed by atoms with van der Waals surface area (Å²) in [5.74, 6) is 0.206. The van der Waals surface area contributed by atoms with Gasteiger partial charge < -0.3 is 14.7 Å². The smallest absolute Gasteiger partial charge is 0.860 e. The van der Waals surface area contributed by atoms with Crippen LogP contribution >= 0.6 is 0 Å². The van der Waals surface area contributed by atoms with Crippen LogP contribution in [0.2, 0.25) is 0 Å². The van der Waals surface area contributed by atoms with Crippen LogP contribution in [0, 0.1) is 0 Å². The Morgan fingerprint density at radius 2 is 2.00 bits per heavy atom. The maximum atomic E-state index is 9.89. The molecule has 0 saturated carbocycles. The second-order valence-electron chi connectivity index (χ2n) is 1.60. The maximum absolute atomic E-state index is 9.89. The average molecular weight is 151 g/mol. The molecule has 0 N–H and O–H groups in total. The molecule has 1 heterocycles. The van der Waals surface area contributed by atoms with Crippen LogP contribution in [0.5, 0.6) is 5.75 Å². The zero-order valence-electron chi connectivity index (χ0n) is 7.06. The van der Waals surface area contributed by atoms with Gasteiger partial charge in [0.25, 0.3) is 0 Å². The van der Waals surface area contributed by atoms with E-state index in [0.29, 0.717) is 0 Å². The van der Waals surface area contributed by atoms with Crippen molar-refractivity contribution in [3.8, 4) is 5.75 Å². The number of hydrogen-bond acceptors (Lipinski definition) is 4. The van der Waals surface area contributed by atoms with E-state index in [-0.39, 0.29) is 43.5 Å². The minimum Gasteiger partial charge on any atom is -0.860 e. The quantitative estimate of drug-likeness (QED) is 0.393. The van der Waals surface area contributed by atoms with Crippen LogP contribution < -0.4 is 52.4 Å². The minimum absolute atomic E-state index is 0. The van der Waals surface area contributed by atoms with Crippen molar-refractivity contribution in [3.63, 3.8) is 0 Å². The summed E-state index contributed by atoms with van der Waals surface area (Å²) in [5.41, 5.74) is 0. The molecule has 1 aromatic heterocycles. The van der Waals surface area contributed by atoms with Crippen molar-refractivity contribution in [2.45, 2.75) is 0 Å². The van der Waals surface area contributed by atoms with Gasteiger partial charge in [-0.05, 0) is 12.1 Å². The van der Waals surface area contributed by atoms with E-state index in [1.807, 2.05) is 0 Å². The summed E-state index contributed by atoms with van der Waals surface area (Å²) < 4.78 is 4.24. The normalized spacial score (nSPS) is 7.50. The first-order valence-corrected chi connectivity index (χ1v) is 2.67. The van der Waals surface area contributed by atoms with Crippen LogP contribution in [-0.2, 0) is 0 Å². The Morgan fingerprint density at radius 3 is 2.42 bits per heavy atom. The number of hydrogen-bond donors (Lipinski definition) is 0. The first-order valence-electron chi connectivity index (χ1n) is 2.67. The molecule has 0 aliphatic heterocycles. The second-order valence-corrected chi connectivity index (χ2v) is 1.60. The van der Waals surface area contributed by atoms with E-state index >= 15 is 0 Å². The second kappa shape index (κ2) is 7.76. The number of aromatic nitrogens is 1. The molecule has 0 aromatic carbocycles. The van der Waals surface area contributed by atoms with Gasteiger partial charge in [0.15, 0.2) is 0 Å². The zero-order chi connectivity index (χ0) is 7.40. The van der Waals surface area contributed by atoms with Crippen LogP contribution in [0.3, 0.4) is 0 Å². The number of rotatable bonds is 2. The Bertz CT molecular complexity index is 199. The summed E-state index contributed by atoms with van der Waals surface area (Å²) in [7, 11) is -2.27. The molecule has 12 heavy (non-hydrogen) atoms. The van der Waals surface area contributed by atoms with Crippen LogP contribution in [0.4, 0.5) is 0 Å². The molecule has 0 amide bonds. The fourth-order valence-electron chi connectivity index (χ4n) is 0.528. The largest absolute Gasteiger partial charge is 1.00 e. The van der Waals surface area contributed by atoms with Gasteiger partial charge in [-0.1, -0.05) is 0 Å². The van der Waals surface area contributed by atoms with Crippen LogP contribution in [0.25, 0.3) is 0 Å². The molecule has 1 aromatic rings. The number of pyridine rings is 1. The van der Waals surface area contributed by atoms with Gasteiger partial charge in [0.1, 0.15) is 13.1 Å². The molecule has 0 radical (unpaired) electrons. The van der Waals surface area contributed by atoms with Crippen LogP contribution in [0.1, 0.15) is 0 Å². The fourth-order valence-corrected chi connectivity index (χ4v) is 0.528. The van der Waals surface area contributed by atoms with E-state index in [2.05, 4.69) is 9.64 Å². The molecular weight excluding hydrogens is 147 g/mol. The third-order valence-corrected chi connectivity index (χ3v) is 0.867. The first-order chi connectivity index (χ1) is 4.79. The molecule has 0 aliphatic rings. The van der Waals surface area contributed by atoms with Crippen LogP contribution in [0.15, 0.2) is 24.5 Å². The molecular formula is C5H4BLi2NO3. The Balaban J connectivity index is 0.